The summed E-state index contributed by atoms with van der Waals surface area (Å²) in [7, 11) is 0. The van der Waals surface area contributed by atoms with E-state index in [-0.39, 0.29) is 18.0 Å². The Morgan fingerprint density at radius 1 is 0.900 bits per heavy atom. The number of carbonyl (C=O) groups excluding carboxylic acids is 1. The maximum atomic E-state index is 13.0. The molecule has 30 heavy (non-hydrogen) atoms. The summed E-state index contributed by atoms with van der Waals surface area (Å²) in [6.07, 6.45) is 0. The normalized spacial score (nSPS) is 10.6. The van der Waals surface area contributed by atoms with Gasteiger partial charge in [-0.1, -0.05) is 53.6 Å². The molecule has 6 heteroatoms. The third-order valence-electron chi connectivity index (χ3n) is 4.71. The monoisotopic (exact) mass is 422 g/mol. The fraction of sp³-hybridized carbons (Fsp3) is 0.167. The number of halogens is 1. The summed E-state index contributed by atoms with van der Waals surface area (Å²) >= 11 is 5.91. The Balaban J connectivity index is 1.73. The van der Waals surface area contributed by atoms with Crippen molar-refractivity contribution in [2.24, 2.45) is 0 Å². The number of nitrogens with zero attached hydrogens (tertiary/aromatic N) is 1. The van der Waals surface area contributed by atoms with Crippen LogP contribution in [0, 0.1) is 6.92 Å². The molecule has 0 heterocycles. The van der Waals surface area contributed by atoms with E-state index in [0.717, 1.165) is 16.7 Å². The van der Waals surface area contributed by atoms with E-state index in [1.807, 2.05) is 55.5 Å². The molecule has 0 fully saturated rings. The molecule has 0 aromatic heterocycles. The first-order chi connectivity index (χ1) is 14.4. The predicted molar refractivity (Wildman–Crippen MR) is 119 cm³/mol. The van der Waals surface area contributed by atoms with E-state index in [1.165, 1.54) is 12.1 Å². The van der Waals surface area contributed by atoms with Crippen molar-refractivity contribution in [3.05, 3.63) is 100 Å². The molecular formula is C24H23ClN2O3. The molecule has 0 saturated heterocycles. The molecule has 0 saturated carbocycles. The molecule has 0 radical (unpaired) electrons. The number of amides is 1. The van der Waals surface area contributed by atoms with E-state index in [0.29, 0.717) is 23.8 Å². The second-order valence-electron chi connectivity index (χ2n) is 7.05. The molecular weight excluding hydrogens is 400 g/mol. The highest BCUT2D eigenvalue weighted by Gasteiger charge is 2.17. The summed E-state index contributed by atoms with van der Waals surface area (Å²) in [6.45, 7) is 3.10. The molecule has 0 unspecified atom stereocenters. The molecule has 0 spiro atoms. The number of benzene rings is 3. The van der Waals surface area contributed by atoms with Crippen molar-refractivity contribution in [1.29, 1.82) is 0 Å². The Kier molecular flexibility index (Phi) is 7.22. The summed E-state index contributed by atoms with van der Waals surface area (Å²) in [4.78, 5) is 25.8. The Labute approximate surface area is 180 Å². The lowest BCUT2D eigenvalue weighted by molar-refractivity contribution is -0.118. The van der Waals surface area contributed by atoms with Gasteiger partial charge < -0.3 is 15.3 Å². The van der Waals surface area contributed by atoms with Crippen LogP contribution in [0.15, 0.2) is 72.8 Å². The molecule has 5 nitrogen and oxygen atoms in total. The van der Waals surface area contributed by atoms with Gasteiger partial charge in [0.2, 0.25) is 5.91 Å². The third kappa shape index (κ3) is 5.92. The molecule has 3 aromatic rings. The largest absolute Gasteiger partial charge is 0.478 e. The number of aromatic carboxylic acids is 1. The highest BCUT2D eigenvalue weighted by atomic mass is 35.5. The Hall–Kier alpha value is -3.15. The molecule has 2 N–H and O–H groups in total. The van der Waals surface area contributed by atoms with Gasteiger partial charge in [0.05, 0.1) is 18.7 Å². The van der Waals surface area contributed by atoms with E-state index in [2.05, 4.69) is 5.32 Å². The van der Waals surface area contributed by atoms with Gasteiger partial charge in [0.1, 0.15) is 0 Å². The molecule has 0 aliphatic rings. The van der Waals surface area contributed by atoms with Crippen molar-refractivity contribution < 1.29 is 14.7 Å². The minimum atomic E-state index is -0.998. The first-order valence-corrected chi connectivity index (χ1v) is 9.94. The lowest BCUT2D eigenvalue weighted by Gasteiger charge is -2.23. The maximum Gasteiger partial charge on any atom is 0.335 e. The summed E-state index contributed by atoms with van der Waals surface area (Å²) in [5.41, 5.74) is 4.00. The second kappa shape index (κ2) is 10.1. The number of carbonyl (C=O) groups is 2. The van der Waals surface area contributed by atoms with Crippen molar-refractivity contribution in [3.63, 3.8) is 0 Å². The zero-order valence-electron chi connectivity index (χ0n) is 16.6. The average Bonchev–Trinajstić information content (AvgIpc) is 2.74. The number of carboxylic acid groups (broad SMARTS) is 1. The number of hydrogen-bond donors (Lipinski definition) is 2. The first-order valence-electron chi connectivity index (χ1n) is 9.57. The first kappa shape index (κ1) is 21.6. The summed E-state index contributed by atoms with van der Waals surface area (Å²) < 4.78 is 0. The molecule has 0 aliphatic carbocycles. The van der Waals surface area contributed by atoms with Crippen LogP contribution in [-0.2, 0) is 17.9 Å². The van der Waals surface area contributed by atoms with Gasteiger partial charge in [0.15, 0.2) is 0 Å². The highest BCUT2D eigenvalue weighted by Crippen LogP contribution is 2.19. The number of anilines is 1. The van der Waals surface area contributed by atoms with Crippen molar-refractivity contribution >= 4 is 29.2 Å². The highest BCUT2D eigenvalue weighted by molar-refractivity contribution is 6.30. The van der Waals surface area contributed by atoms with E-state index < -0.39 is 5.97 Å². The fourth-order valence-electron chi connectivity index (χ4n) is 2.99. The van der Waals surface area contributed by atoms with Crippen molar-refractivity contribution in [1.82, 2.24) is 5.32 Å². The number of nitrogens with one attached hydrogen (secondary N) is 1. The van der Waals surface area contributed by atoms with Gasteiger partial charge >= 0.3 is 5.97 Å². The lowest BCUT2D eigenvalue weighted by atomic mass is 10.1. The van der Waals surface area contributed by atoms with Crippen LogP contribution in [-0.4, -0.2) is 23.5 Å². The van der Waals surface area contributed by atoms with Crippen LogP contribution in [0.4, 0.5) is 5.69 Å². The smallest absolute Gasteiger partial charge is 0.335 e. The molecule has 0 bridgehead atoms. The Morgan fingerprint density at radius 2 is 1.50 bits per heavy atom. The number of hydrogen-bond acceptors (Lipinski definition) is 3. The standard InChI is InChI=1S/C24H23ClN2O3/c1-17-2-4-19(5-3-17)16-27(22-12-8-20(9-13-22)24(29)30)23(28)15-26-14-18-6-10-21(25)11-7-18/h2-13,26H,14-16H2,1H3,(H,29,30). The number of aryl methyl sites for hydroxylation is 1. The Morgan fingerprint density at radius 3 is 2.10 bits per heavy atom. The third-order valence-corrected chi connectivity index (χ3v) is 4.96. The maximum absolute atomic E-state index is 13.0. The molecule has 0 aliphatic heterocycles. The average molecular weight is 423 g/mol. The number of carboxylic acids is 1. The SMILES string of the molecule is Cc1ccc(CN(C(=O)CNCc2ccc(Cl)cc2)c2ccc(C(=O)O)cc2)cc1. The summed E-state index contributed by atoms with van der Waals surface area (Å²) in [5.74, 6) is -1.10. The van der Waals surface area contributed by atoms with Gasteiger partial charge in [0, 0.05) is 17.3 Å². The van der Waals surface area contributed by atoms with Gasteiger partial charge in [-0.2, -0.15) is 0 Å². The predicted octanol–water partition coefficient (Wildman–Crippen LogP) is 4.67. The Bertz CT molecular complexity index is 1000. The quantitative estimate of drug-likeness (QED) is 0.553. The van der Waals surface area contributed by atoms with Gasteiger partial charge in [-0.15, -0.1) is 0 Å². The van der Waals surface area contributed by atoms with E-state index in [4.69, 9.17) is 16.7 Å². The van der Waals surface area contributed by atoms with Crippen LogP contribution in [0.1, 0.15) is 27.0 Å². The van der Waals surface area contributed by atoms with E-state index in [9.17, 15) is 9.59 Å². The van der Waals surface area contributed by atoms with Gasteiger partial charge in [-0.3, -0.25) is 4.79 Å². The second-order valence-corrected chi connectivity index (χ2v) is 7.48. The van der Waals surface area contributed by atoms with Gasteiger partial charge in [0.25, 0.3) is 0 Å². The van der Waals surface area contributed by atoms with Crippen LogP contribution < -0.4 is 10.2 Å². The summed E-state index contributed by atoms with van der Waals surface area (Å²) in [6, 6.07) is 21.8. The van der Waals surface area contributed by atoms with Gasteiger partial charge in [-0.25, -0.2) is 4.79 Å². The molecule has 0 atom stereocenters. The molecule has 1 amide bonds. The zero-order valence-corrected chi connectivity index (χ0v) is 17.4. The van der Waals surface area contributed by atoms with Crippen LogP contribution in [0.2, 0.25) is 5.02 Å². The van der Waals surface area contributed by atoms with Crippen molar-refractivity contribution in [2.45, 2.75) is 20.0 Å². The van der Waals surface area contributed by atoms with Crippen molar-refractivity contribution in [2.75, 3.05) is 11.4 Å². The lowest BCUT2D eigenvalue weighted by Crippen LogP contribution is -2.37. The van der Waals surface area contributed by atoms with Crippen LogP contribution in [0.5, 0.6) is 0 Å². The van der Waals surface area contributed by atoms with E-state index in [1.54, 1.807) is 17.0 Å². The zero-order chi connectivity index (χ0) is 21.5. The van der Waals surface area contributed by atoms with Crippen molar-refractivity contribution in [3.8, 4) is 0 Å². The topological polar surface area (TPSA) is 69.6 Å². The van der Waals surface area contributed by atoms with E-state index >= 15 is 0 Å². The summed E-state index contributed by atoms with van der Waals surface area (Å²) in [5, 5.41) is 13.0. The molecule has 3 aromatic carbocycles. The number of rotatable bonds is 8. The molecule has 3 rings (SSSR count). The van der Waals surface area contributed by atoms with Crippen LogP contribution in [0.25, 0.3) is 0 Å². The van der Waals surface area contributed by atoms with Crippen LogP contribution in [0.3, 0.4) is 0 Å². The fourth-order valence-corrected chi connectivity index (χ4v) is 3.12. The minimum Gasteiger partial charge on any atom is -0.478 e. The van der Waals surface area contributed by atoms with Crippen LogP contribution >= 0.6 is 11.6 Å². The minimum absolute atomic E-state index is 0.104. The van der Waals surface area contributed by atoms with Gasteiger partial charge in [-0.05, 0) is 54.4 Å². The molecule has 154 valence electrons.